The summed E-state index contributed by atoms with van der Waals surface area (Å²) in [4.78, 5) is 35.4. The second kappa shape index (κ2) is 11.7. The molecule has 176 valence electrons. The number of carbonyl (C=O) groups excluding carboxylic acids is 2. The van der Waals surface area contributed by atoms with Crippen molar-refractivity contribution in [3.8, 4) is 11.1 Å². The number of alkyl carbamates (subject to hydrolysis) is 1. The van der Waals surface area contributed by atoms with Crippen molar-refractivity contribution in [3.05, 3.63) is 59.7 Å². The van der Waals surface area contributed by atoms with Crippen LogP contribution in [0.5, 0.6) is 0 Å². The number of amides is 2. The van der Waals surface area contributed by atoms with Crippen LogP contribution in [-0.4, -0.2) is 53.8 Å². The summed E-state index contributed by atoms with van der Waals surface area (Å²) in [6.07, 6.45) is -0.112. The van der Waals surface area contributed by atoms with Crippen LogP contribution in [0.4, 0.5) is 4.79 Å². The number of carboxylic acid groups (broad SMARTS) is 1. The largest absolute Gasteiger partial charge is 0.480 e. The molecular formula is C25H30N2O5S. The van der Waals surface area contributed by atoms with Gasteiger partial charge in [0.1, 0.15) is 12.6 Å². The molecule has 0 aliphatic heterocycles. The number of thioether (sulfide) groups is 1. The van der Waals surface area contributed by atoms with Crippen molar-refractivity contribution in [2.45, 2.75) is 32.2 Å². The van der Waals surface area contributed by atoms with Gasteiger partial charge in [-0.25, -0.2) is 9.59 Å². The summed E-state index contributed by atoms with van der Waals surface area (Å²) in [5.41, 5.74) is 4.67. The highest BCUT2D eigenvalue weighted by Gasteiger charge is 2.29. The molecule has 1 aliphatic rings. The van der Waals surface area contributed by atoms with Gasteiger partial charge in [0.15, 0.2) is 0 Å². The Hall–Kier alpha value is -3.00. The first-order chi connectivity index (χ1) is 15.9. The minimum absolute atomic E-state index is 0.00856. The average Bonchev–Trinajstić information content (AvgIpc) is 3.10. The van der Waals surface area contributed by atoms with Crippen molar-refractivity contribution in [3.63, 3.8) is 0 Å². The molecule has 33 heavy (non-hydrogen) atoms. The molecule has 1 atom stereocenters. The minimum Gasteiger partial charge on any atom is -0.480 e. The van der Waals surface area contributed by atoms with Gasteiger partial charge >= 0.3 is 12.1 Å². The Morgan fingerprint density at radius 1 is 1.03 bits per heavy atom. The van der Waals surface area contributed by atoms with Gasteiger partial charge in [-0.15, -0.1) is 0 Å². The van der Waals surface area contributed by atoms with Gasteiger partial charge in [0.05, 0.1) is 5.75 Å². The quantitative estimate of drug-likeness (QED) is 0.431. The van der Waals surface area contributed by atoms with Gasteiger partial charge in [-0.05, 0) is 34.6 Å². The van der Waals surface area contributed by atoms with Gasteiger partial charge in [0, 0.05) is 18.2 Å². The molecule has 1 aliphatic carbocycles. The van der Waals surface area contributed by atoms with Gasteiger partial charge in [-0.1, -0.05) is 62.4 Å². The lowest BCUT2D eigenvalue weighted by Gasteiger charge is -2.16. The summed E-state index contributed by atoms with van der Waals surface area (Å²) in [5.74, 6) is -0.531. The molecule has 0 unspecified atom stereocenters. The molecule has 0 heterocycles. The van der Waals surface area contributed by atoms with E-state index in [4.69, 9.17) is 4.74 Å². The Labute approximate surface area is 198 Å². The highest BCUT2D eigenvalue weighted by Crippen LogP contribution is 2.44. The van der Waals surface area contributed by atoms with Crippen LogP contribution in [-0.2, 0) is 14.3 Å². The van der Waals surface area contributed by atoms with E-state index >= 15 is 0 Å². The number of aliphatic carboxylic acids is 1. The molecule has 3 rings (SSSR count). The highest BCUT2D eigenvalue weighted by molar-refractivity contribution is 7.99. The predicted octanol–water partition coefficient (Wildman–Crippen LogP) is 3.87. The standard InChI is InChI=1S/C25H30N2O5S/c1-16(2)13-22(24(29)30)27-23(28)15-33-12-11-26-25(31)32-14-21-19-9-5-3-7-17(19)18-8-4-6-10-20(18)21/h3-10,16,21-22H,11-15H2,1-2H3,(H,26,31)(H,27,28)(H,29,30)/t22-/m1/s1. The van der Waals surface area contributed by atoms with Gasteiger partial charge < -0.3 is 20.5 Å². The number of carboxylic acids is 1. The molecule has 0 spiro atoms. The number of benzene rings is 2. The van der Waals surface area contributed by atoms with E-state index in [0.29, 0.717) is 18.7 Å². The number of hydrogen-bond donors (Lipinski definition) is 3. The summed E-state index contributed by atoms with van der Waals surface area (Å²) in [6, 6.07) is 15.4. The number of carbonyl (C=O) groups is 3. The maximum Gasteiger partial charge on any atom is 0.407 e. The van der Waals surface area contributed by atoms with E-state index < -0.39 is 18.1 Å². The van der Waals surface area contributed by atoms with Crippen molar-refractivity contribution >= 4 is 29.7 Å². The fourth-order valence-corrected chi connectivity index (χ4v) is 4.63. The highest BCUT2D eigenvalue weighted by atomic mass is 32.2. The van der Waals surface area contributed by atoms with Crippen LogP contribution in [0.1, 0.15) is 37.3 Å². The van der Waals surface area contributed by atoms with E-state index in [2.05, 4.69) is 34.9 Å². The van der Waals surface area contributed by atoms with Crippen LogP contribution in [0.3, 0.4) is 0 Å². The molecule has 0 radical (unpaired) electrons. The van der Waals surface area contributed by atoms with Crippen molar-refractivity contribution < 1.29 is 24.2 Å². The Morgan fingerprint density at radius 3 is 2.21 bits per heavy atom. The predicted molar refractivity (Wildman–Crippen MR) is 129 cm³/mol. The zero-order valence-corrected chi connectivity index (χ0v) is 19.7. The van der Waals surface area contributed by atoms with Crippen molar-refractivity contribution in [2.24, 2.45) is 5.92 Å². The Morgan fingerprint density at radius 2 is 1.64 bits per heavy atom. The molecule has 0 saturated heterocycles. The van der Waals surface area contributed by atoms with E-state index in [1.165, 1.54) is 22.9 Å². The van der Waals surface area contributed by atoms with E-state index in [1.807, 2.05) is 38.1 Å². The lowest BCUT2D eigenvalue weighted by molar-refractivity contribution is -0.141. The molecule has 0 fully saturated rings. The molecule has 0 saturated carbocycles. The zero-order chi connectivity index (χ0) is 23.8. The molecule has 0 aromatic heterocycles. The van der Waals surface area contributed by atoms with E-state index in [0.717, 1.165) is 11.1 Å². The Bertz CT molecular complexity index is 949. The smallest absolute Gasteiger partial charge is 0.407 e. The first-order valence-corrected chi connectivity index (χ1v) is 12.2. The molecule has 2 aromatic carbocycles. The monoisotopic (exact) mass is 470 g/mol. The normalized spacial score (nSPS) is 13.2. The maximum atomic E-state index is 12.2. The number of rotatable bonds is 11. The molecule has 3 N–H and O–H groups in total. The Balaban J connectivity index is 1.37. The zero-order valence-electron chi connectivity index (χ0n) is 18.9. The SMILES string of the molecule is CC(C)C[C@@H](NC(=O)CSCCNC(=O)OCC1c2ccccc2-c2ccccc21)C(=O)O. The Kier molecular flexibility index (Phi) is 8.77. The fraction of sp³-hybridized carbons (Fsp3) is 0.400. The van der Waals surface area contributed by atoms with Crippen molar-refractivity contribution in [1.29, 1.82) is 0 Å². The third-order valence-electron chi connectivity index (χ3n) is 5.43. The van der Waals surface area contributed by atoms with Gasteiger partial charge in [0.2, 0.25) is 5.91 Å². The molecule has 7 nitrogen and oxygen atoms in total. The topological polar surface area (TPSA) is 105 Å². The van der Waals surface area contributed by atoms with Crippen molar-refractivity contribution in [2.75, 3.05) is 24.7 Å². The number of ether oxygens (including phenoxy) is 1. The second-order valence-corrected chi connectivity index (χ2v) is 9.50. The van der Waals surface area contributed by atoms with Crippen LogP contribution in [0.15, 0.2) is 48.5 Å². The summed E-state index contributed by atoms with van der Waals surface area (Å²) >= 11 is 1.33. The van der Waals surface area contributed by atoms with Crippen LogP contribution in [0.2, 0.25) is 0 Å². The number of fused-ring (bicyclic) bond motifs is 3. The minimum atomic E-state index is -1.03. The van der Waals surface area contributed by atoms with Crippen LogP contribution in [0, 0.1) is 5.92 Å². The van der Waals surface area contributed by atoms with E-state index in [9.17, 15) is 19.5 Å². The molecule has 2 amide bonds. The third kappa shape index (κ3) is 6.74. The second-order valence-electron chi connectivity index (χ2n) is 8.39. The lowest BCUT2D eigenvalue weighted by Crippen LogP contribution is -2.42. The van der Waals surface area contributed by atoms with E-state index in [1.54, 1.807) is 0 Å². The molecule has 2 aromatic rings. The molecule has 0 bridgehead atoms. The summed E-state index contributed by atoms with van der Waals surface area (Å²) in [6.45, 7) is 4.42. The lowest BCUT2D eigenvalue weighted by atomic mass is 9.98. The van der Waals surface area contributed by atoms with Crippen LogP contribution < -0.4 is 10.6 Å². The molecular weight excluding hydrogens is 440 g/mol. The third-order valence-corrected chi connectivity index (χ3v) is 6.39. The first-order valence-electron chi connectivity index (χ1n) is 11.1. The average molecular weight is 471 g/mol. The van der Waals surface area contributed by atoms with Gasteiger partial charge in [-0.2, -0.15) is 11.8 Å². The van der Waals surface area contributed by atoms with Crippen LogP contribution >= 0.6 is 11.8 Å². The number of nitrogens with one attached hydrogen (secondary N) is 2. The summed E-state index contributed by atoms with van der Waals surface area (Å²) in [5, 5.41) is 14.4. The maximum absolute atomic E-state index is 12.2. The van der Waals surface area contributed by atoms with Crippen LogP contribution in [0.25, 0.3) is 11.1 Å². The summed E-state index contributed by atoms with van der Waals surface area (Å²) in [7, 11) is 0. The van der Waals surface area contributed by atoms with Gasteiger partial charge in [0.25, 0.3) is 0 Å². The number of hydrogen-bond acceptors (Lipinski definition) is 5. The molecule has 8 heteroatoms. The van der Waals surface area contributed by atoms with E-state index in [-0.39, 0.29) is 30.1 Å². The fourth-order valence-electron chi connectivity index (χ4n) is 3.97. The van der Waals surface area contributed by atoms with Crippen molar-refractivity contribution in [1.82, 2.24) is 10.6 Å². The summed E-state index contributed by atoms with van der Waals surface area (Å²) < 4.78 is 5.48. The first kappa shape index (κ1) is 24.6. The van der Waals surface area contributed by atoms with Gasteiger partial charge in [-0.3, -0.25) is 4.79 Å².